The largest absolute Gasteiger partial charge is 0.497 e. The predicted octanol–water partition coefficient (Wildman–Crippen LogP) is 5.12. The molecule has 2 heterocycles. The van der Waals surface area contributed by atoms with E-state index in [-0.39, 0.29) is 24.1 Å². The molecule has 4 rings (SSSR count). The number of piperidine rings is 1. The number of hydrogen-bond donors (Lipinski definition) is 1. The summed E-state index contributed by atoms with van der Waals surface area (Å²) in [6.45, 7) is 1.11. The third kappa shape index (κ3) is 6.70. The molecule has 1 aromatic heterocycles. The van der Waals surface area contributed by atoms with Crippen LogP contribution < -0.4 is 4.74 Å². The highest BCUT2D eigenvalue weighted by Crippen LogP contribution is 2.35. The molecule has 39 heavy (non-hydrogen) atoms. The molecule has 1 N–H and O–H groups in total. The van der Waals surface area contributed by atoms with E-state index in [4.69, 9.17) is 4.74 Å². The summed E-state index contributed by atoms with van der Waals surface area (Å²) in [6.07, 6.45) is 3.96. The first-order chi connectivity index (χ1) is 18.7. The number of aliphatic carboxylic acids is 1. The number of rotatable bonds is 8. The van der Waals surface area contributed by atoms with E-state index < -0.39 is 29.3 Å². The lowest BCUT2D eigenvalue weighted by Crippen LogP contribution is -2.44. The first-order valence-electron chi connectivity index (χ1n) is 12.9. The Balaban J connectivity index is 1.44. The van der Waals surface area contributed by atoms with Crippen molar-refractivity contribution in [3.63, 3.8) is 0 Å². The Kier molecular flexibility index (Phi) is 9.10. The molecule has 1 unspecified atom stereocenters. The maximum atomic E-state index is 13.9. The molecule has 0 radical (unpaired) electrons. The fourth-order valence-corrected chi connectivity index (χ4v) is 5.36. The first-order valence-corrected chi connectivity index (χ1v) is 12.9. The van der Waals surface area contributed by atoms with Crippen molar-refractivity contribution in [3.05, 3.63) is 71.2 Å². The first kappa shape index (κ1) is 28.4. The second-order valence-electron chi connectivity index (χ2n) is 10.1. The van der Waals surface area contributed by atoms with E-state index in [1.54, 1.807) is 13.3 Å². The van der Waals surface area contributed by atoms with Gasteiger partial charge in [0.1, 0.15) is 11.6 Å². The van der Waals surface area contributed by atoms with Crippen LogP contribution in [0, 0.1) is 41.1 Å². The summed E-state index contributed by atoms with van der Waals surface area (Å²) in [6, 6.07) is 9.18. The van der Waals surface area contributed by atoms with Gasteiger partial charge in [0.25, 0.3) is 0 Å². The Hall–Kier alpha value is -3.61. The van der Waals surface area contributed by atoms with Crippen molar-refractivity contribution in [1.29, 1.82) is 0 Å². The van der Waals surface area contributed by atoms with Gasteiger partial charge in [-0.1, -0.05) is 11.8 Å². The number of methoxy groups -OCH3 is 1. The van der Waals surface area contributed by atoms with E-state index in [9.17, 15) is 23.1 Å². The van der Waals surface area contributed by atoms with Crippen LogP contribution in [-0.2, 0) is 4.79 Å². The topological polar surface area (TPSA) is 65.9 Å². The molecule has 3 aromatic rings. The predicted molar refractivity (Wildman–Crippen MR) is 143 cm³/mol. The molecule has 0 saturated carbocycles. The van der Waals surface area contributed by atoms with Gasteiger partial charge < -0.3 is 14.7 Å². The van der Waals surface area contributed by atoms with Crippen LogP contribution in [-0.4, -0.2) is 66.7 Å². The molecule has 6 nitrogen and oxygen atoms in total. The Morgan fingerprint density at radius 3 is 2.74 bits per heavy atom. The van der Waals surface area contributed by atoms with Crippen LogP contribution in [0.4, 0.5) is 13.2 Å². The zero-order valence-electron chi connectivity index (χ0n) is 22.3. The van der Waals surface area contributed by atoms with Gasteiger partial charge in [-0.2, -0.15) is 0 Å². The molecule has 0 bridgehead atoms. The van der Waals surface area contributed by atoms with Crippen LogP contribution in [0.25, 0.3) is 10.9 Å². The summed E-state index contributed by atoms with van der Waals surface area (Å²) >= 11 is 0. The average Bonchev–Trinajstić information content (AvgIpc) is 2.91. The van der Waals surface area contributed by atoms with E-state index in [2.05, 4.69) is 21.7 Å². The minimum absolute atomic E-state index is 0.0217. The molecular weight excluding hydrogens is 507 g/mol. The molecule has 1 aliphatic rings. The summed E-state index contributed by atoms with van der Waals surface area (Å²) in [4.78, 5) is 20.7. The number of carboxylic acid groups (broad SMARTS) is 1. The second-order valence-corrected chi connectivity index (χ2v) is 10.1. The van der Waals surface area contributed by atoms with Crippen LogP contribution in [0.15, 0.2) is 42.6 Å². The number of fused-ring (bicyclic) bond motifs is 1. The number of ether oxygens (including phenoxy) is 1. The Bertz CT molecular complexity index is 1400. The maximum absolute atomic E-state index is 13.9. The summed E-state index contributed by atoms with van der Waals surface area (Å²) < 4.78 is 46.1. The number of carboxylic acids is 1. The van der Waals surface area contributed by atoms with Gasteiger partial charge in [0, 0.05) is 30.2 Å². The van der Waals surface area contributed by atoms with Gasteiger partial charge in [0.05, 0.1) is 30.7 Å². The standard InChI is InChI=1S/C30H32F3N3O3/c1-35(2)28(23-10-12-34-27-8-7-22(39-3)17-24(23)27)9-6-19-11-14-36(18-25(19)30(37)38)13-4-5-20-15-21(31)16-26(32)29(20)33/h7-8,10,12,15-17,19,25,28H,6,9,11,13-14,18H2,1-3H3,(H,37,38)/t19-,25+,28?/m1/s1. The van der Waals surface area contributed by atoms with Gasteiger partial charge in [-0.05, 0) is 81.7 Å². The quantitative estimate of drug-likeness (QED) is 0.317. The SMILES string of the molecule is COc1ccc2nccc(C(CC[C@@H]3CCN(CC#Cc4cc(F)cc(F)c4F)C[C@@H]3C(=O)O)N(C)C)c2c1. The number of hydrogen-bond acceptors (Lipinski definition) is 5. The van der Waals surface area contributed by atoms with Gasteiger partial charge in [-0.25, -0.2) is 13.2 Å². The van der Waals surface area contributed by atoms with Crippen molar-refractivity contribution in [2.45, 2.75) is 25.3 Å². The van der Waals surface area contributed by atoms with Crippen LogP contribution in [0.2, 0.25) is 0 Å². The van der Waals surface area contributed by atoms with Crippen molar-refractivity contribution in [1.82, 2.24) is 14.8 Å². The van der Waals surface area contributed by atoms with Crippen LogP contribution in [0.5, 0.6) is 5.75 Å². The fraction of sp³-hybridized carbons (Fsp3) is 0.400. The number of nitrogens with zero attached hydrogens (tertiary/aromatic N) is 3. The van der Waals surface area contributed by atoms with Gasteiger partial charge in [0.15, 0.2) is 11.6 Å². The third-order valence-corrected chi connectivity index (χ3v) is 7.45. The highest BCUT2D eigenvalue weighted by Gasteiger charge is 2.34. The minimum atomic E-state index is -1.29. The van der Waals surface area contributed by atoms with Crippen molar-refractivity contribution < 1.29 is 27.8 Å². The zero-order chi connectivity index (χ0) is 28.1. The summed E-state index contributed by atoms with van der Waals surface area (Å²) in [7, 11) is 5.66. The summed E-state index contributed by atoms with van der Waals surface area (Å²) in [5.74, 6) is 1.11. The molecule has 9 heteroatoms. The number of aromatic nitrogens is 1. The van der Waals surface area contributed by atoms with E-state index in [1.165, 1.54) is 0 Å². The summed E-state index contributed by atoms with van der Waals surface area (Å²) in [5.41, 5.74) is 1.64. The van der Waals surface area contributed by atoms with Crippen LogP contribution in [0.3, 0.4) is 0 Å². The molecule has 0 amide bonds. The molecule has 206 valence electrons. The average molecular weight is 540 g/mol. The van der Waals surface area contributed by atoms with Gasteiger partial charge >= 0.3 is 5.97 Å². The number of pyridine rings is 1. The monoisotopic (exact) mass is 539 g/mol. The Morgan fingerprint density at radius 2 is 2.03 bits per heavy atom. The van der Waals surface area contributed by atoms with Crippen molar-refractivity contribution in [2.24, 2.45) is 11.8 Å². The molecule has 1 saturated heterocycles. The van der Waals surface area contributed by atoms with Gasteiger partial charge in [-0.3, -0.25) is 14.7 Å². The number of halogens is 3. The molecule has 2 aromatic carbocycles. The van der Waals surface area contributed by atoms with Crippen molar-refractivity contribution in [3.8, 4) is 17.6 Å². The lowest BCUT2D eigenvalue weighted by atomic mass is 9.80. The highest BCUT2D eigenvalue weighted by atomic mass is 19.2. The van der Waals surface area contributed by atoms with Crippen LogP contribution in [0.1, 0.15) is 36.4 Å². The number of likely N-dealkylation sites (tertiary alicyclic amines) is 1. The fourth-order valence-electron chi connectivity index (χ4n) is 5.36. The van der Waals surface area contributed by atoms with Gasteiger partial charge in [0.2, 0.25) is 0 Å². The summed E-state index contributed by atoms with van der Waals surface area (Å²) in [5, 5.41) is 11.0. The van der Waals surface area contributed by atoms with Crippen LogP contribution >= 0.6 is 0 Å². The van der Waals surface area contributed by atoms with E-state index >= 15 is 0 Å². The molecule has 1 aliphatic heterocycles. The smallest absolute Gasteiger partial charge is 0.308 e. The highest BCUT2D eigenvalue weighted by molar-refractivity contribution is 5.84. The van der Waals surface area contributed by atoms with Crippen molar-refractivity contribution in [2.75, 3.05) is 40.8 Å². The molecule has 3 atom stereocenters. The lowest BCUT2D eigenvalue weighted by Gasteiger charge is -2.37. The Morgan fingerprint density at radius 1 is 1.23 bits per heavy atom. The lowest BCUT2D eigenvalue weighted by molar-refractivity contribution is -0.146. The third-order valence-electron chi connectivity index (χ3n) is 7.45. The normalized spacial score (nSPS) is 18.5. The second kappa shape index (κ2) is 12.5. The Labute approximate surface area is 226 Å². The molecular formula is C30H32F3N3O3. The van der Waals surface area contributed by atoms with Crippen molar-refractivity contribution >= 4 is 16.9 Å². The number of carbonyl (C=O) groups is 1. The number of benzene rings is 2. The maximum Gasteiger partial charge on any atom is 0.308 e. The zero-order valence-corrected chi connectivity index (χ0v) is 22.3. The molecule has 1 fully saturated rings. The van der Waals surface area contributed by atoms with E-state index in [0.717, 1.165) is 41.1 Å². The van der Waals surface area contributed by atoms with E-state index in [1.807, 2.05) is 43.3 Å². The molecule has 0 spiro atoms. The molecule has 0 aliphatic carbocycles. The van der Waals surface area contributed by atoms with E-state index in [0.29, 0.717) is 25.6 Å². The van der Waals surface area contributed by atoms with Gasteiger partial charge in [-0.15, -0.1) is 0 Å². The minimum Gasteiger partial charge on any atom is -0.497 e.